The number of aromatic nitrogens is 2. The molecule has 0 saturated heterocycles. The van der Waals surface area contributed by atoms with Crippen LogP contribution in [0.3, 0.4) is 0 Å². The number of carbonyl (C=O) groups is 1. The third-order valence-corrected chi connectivity index (χ3v) is 2.23. The lowest BCUT2D eigenvalue weighted by molar-refractivity contribution is 0.0595. The van der Waals surface area contributed by atoms with Crippen LogP contribution in [0.15, 0.2) is 36.8 Å². The van der Waals surface area contributed by atoms with Crippen molar-refractivity contribution in [2.45, 2.75) is 0 Å². The highest BCUT2D eigenvalue weighted by Gasteiger charge is 2.13. The summed E-state index contributed by atoms with van der Waals surface area (Å²) in [6, 6.07) is 4.13. The molecular weight excluding hydrogens is 223 g/mol. The molecule has 1 heterocycles. The Labute approximate surface area is 97.1 Å². The zero-order valence-corrected chi connectivity index (χ0v) is 9.05. The summed E-state index contributed by atoms with van der Waals surface area (Å²) in [4.78, 5) is 19.3. The topological polar surface area (TPSA) is 52.1 Å². The van der Waals surface area contributed by atoms with E-state index in [1.165, 1.54) is 43.9 Å². The molecule has 0 aliphatic carbocycles. The van der Waals surface area contributed by atoms with Crippen LogP contribution in [0.25, 0.3) is 11.3 Å². The lowest BCUT2D eigenvalue weighted by Crippen LogP contribution is -2.04. The predicted molar refractivity (Wildman–Crippen MR) is 58.8 cm³/mol. The van der Waals surface area contributed by atoms with E-state index >= 15 is 0 Å². The molecule has 0 saturated carbocycles. The highest BCUT2D eigenvalue weighted by Crippen LogP contribution is 2.19. The molecule has 4 nitrogen and oxygen atoms in total. The van der Waals surface area contributed by atoms with Gasteiger partial charge in [-0.15, -0.1) is 0 Å². The maximum Gasteiger partial charge on any atom is 0.340 e. The molecule has 1 aromatic heterocycles. The molecule has 0 spiro atoms. The Morgan fingerprint density at radius 1 is 1.35 bits per heavy atom. The first-order chi connectivity index (χ1) is 8.22. The second-order valence-electron chi connectivity index (χ2n) is 3.28. The van der Waals surface area contributed by atoms with Crippen LogP contribution in [0.4, 0.5) is 4.39 Å². The minimum atomic E-state index is -0.715. The van der Waals surface area contributed by atoms with Gasteiger partial charge >= 0.3 is 5.97 Å². The van der Waals surface area contributed by atoms with Gasteiger partial charge in [-0.25, -0.2) is 9.18 Å². The van der Waals surface area contributed by atoms with Crippen molar-refractivity contribution < 1.29 is 13.9 Å². The summed E-state index contributed by atoms with van der Waals surface area (Å²) in [5.74, 6) is -1.34. The van der Waals surface area contributed by atoms with Crippen LogP contribution < -0.4 is 0 Å². The van der Waals surface area contributed by atoms with E-state index in [1.807, 2.05) is 0 Å². The van der Waals surface area contributed by atoms with Crippen LogP contribution in [-0.2, 0) is 4.74 Å². The zero-order valence-electron chi connectivity index (χ0n) is 9.05. The van der Waals surface area contributed by atoms with E-state index in [2.05, 4.69) is 14.7 Å². The summed E-state index contributed by atoms with van der Waals surface area (Å²) >= 11 is 0. The number of hydrogen-bond acceptors (Lipinski definition) is 4. The molecule has 5 heteroatoms. The maximum atomic E-state index is 13.4. The number of ether oxygens (including phenoxy) is 1. The standard InChI is InChI=1S/C12H9FN2O2/c1-17-12(16)9-6-8(2-3-10(9)13)11-7-14-4-5-15-11/h2-7H,1H3. The maximum absolute atomic E-state index is 13.4. The van der Waals surface area contributed by atoms with E-state index in [0.717, 1.165) is 0 Å². The fourth-order valence-electron chi connectivity index (χ4n) is 1.40. The number of nitrogens with zero attached hydrogens (tertiary/aromatic N) is 2. The van der Waals surface area contributed by atoms with Gasteiger partial charge in [-0.1, -0.05) is 0 Å². The molecule has 17 heavy (non-hydrogen) atoms. The molecule has 2 rings (SSSR count). The van der Waals surface area contributed by atoms with Crippen molar-refractivity contribution in [1.82, 2.24) is 9.97 Å². The van der Waals surface area contributed by atoms with E-state index in [9.17, 15) is 9.18 Å². The van der Waals surface area contributed by atoms with Crippen LogP contribution in [-0.4, -0.2) is 23.0 Å². The van der Waals surface area contributed by atoms with Gasteiger partial charge in [0.25, 0.3) is 0 Å². The minimum Gasteiger partial charge on any atom is -0.465 e. The molecular formula is C12H9FN2O2. The Morgan fingerprint density at radius 2 is 2.18 bits per heavy atom. The van der Waals surface area contributed by atoms with Crippen LogP contribution in [0.1, 0.15) is 10.4 Å². The summed E-state index contributed by atoms with van der Waals surface area (Å²) in [6.07, 6.45) is 4.60. The van der Waals surface area contributed by atoms with E-state index in [1.54, 1.807) is 0 Å². The van der Waals surface area contributed by atoms with Crippen molar-refractivity contribution in [2.75, 3.05) is 7.11 Å². The minimum absolute atomic E-state index is 0.115. The average Bonchev–Trinajstić information content (AvgIpc) is 2.39. The number of rotatable bonds is 2. The van der Waals surface area contributed by atoms with Gasteiger partial charge in [-0.3, -0.25) is 9.97 Å². The number of halogens is 1. The fraction of sp³-hybridized carbons (Fsp3) is 0.0833. The van der Waals surface area contributed by atoms with E-state index in [4.69, 9.17) is 0 Å². The Morgan fingerprint density at radius 3 is 2.82 bits per heavy atom. The van der Waals surface area contributed by atoms with Gasteiger partial charge in [0.05, 0.1) is 24.6 Å². The lowest BCUT2D eigenvalue weighted by atomic mass is 10.1. The molecule has 0 bridgehead atoms. The van der Waals surface area contributed by atoms with Crippen molar-refractivity contribution in [2.24, 2.45) is 0 Å². The molecule has 0 atom stereocenters. The molecule has 0 aliphatic rings. The predicted octanol–water partition coefficient (Wildman–Crippen LogP) is 2.07. The summed E-state index contributed by atoms with van der Waals surface area (Å²) < 4.78 is 17.9. The SMILES string of the molecule is COC(=O)c1cc(-c2cnccn2)ccc1F. The van der Waals surface area contributed by atoms with Gasteiger partial charge in [-0.05, 0) is 18.2 Å². The van der Waals surface area contributed by atoms with E-state index in [0.29, 0.717) is 11.3 Å². The van der Waals surface area contributed by atoms with Crippen LogP contribution in [0, 0.1) is 5.82 Å². The van der Waals surface area contributed by atoms with Gasteiger partial charge in [0.15, 0.2) is 0 Å². The fourth-order valence-corrected chi connectivity index (χ4v) is 1.40. The van der Waals surface area contributed by atoms with Crippen molar-refractivity contribution in [1.29, 1.82) is 0 Å². The Bertz CT molecular complexity index is 543. The number of esters is 1. The largest absolute Gasteiger partial charge is 0.465 e. The smallest absolute Gasteiger partial charge is 0.340 e. The first-order valence-electron chi connectivity index (χ1n) is 4.86. The molecule has 0 radical (unpaired) electrons. The molecule has 0 unspecified atom stereocenters. The monoisotopic (exact) mass is 232 g/mol. The first kappa shape index (κ1) is 11.2. The number of benzene rings is 1. The second-order valence-corrected chi connectivity index (χ2v) is 3.28. The van der Waals surface area contributed by atoms with Gasteiger partial charge in [-0.2, -0.15) is 0 Å². The quantitative estimate of drug-likeness (QED) is 0.744. The van der Waals surface area contributed by atoms with Gasteiger partial charge in [0.1, 0.15) is 5.82 Å². The van der Waals surface area contributed by atoms with Crippen molar-refractivity contribution in [3.8, 4) is 11.3 Å². The van der Waals surface area contributed by atoms with Crippen LogP contribution in [0.5, 0.6) is 0 Å². The third-order valence-electron chi connectivity index (χ3n) is 2.23. The third kappa shape index (κ3) is 2.28. The Hall–Kier alpha value is -2.30. The number of carbonyl (C=O) groups excluding carboxylic acids is 1. The number of methoxy groups -OCH3 is 1. The zero-order chi connectivity index (χ0) is 12.3. The van der Waals surface area contributed by atoms with Crippen LogP contribution >= 0.6 is 0 Å². The lowest BCUT2D eigenvalue weighted by Gasteiger charge is -2.04. The van der Waals surface area contributed by atoms with Crippen LogP contribution in [0.2, 0.25) is 0 Å². The highest BCUT2D eigenvalue weighted by atomic mass is 19.1. The van der Waals surface area contributed by atoms with Crippen molar-refractivity contribution in [3.63, 3.8) is 0 Å². The Balaban J connectivity index is 2.48. The van der Waals surface area contributed by atoms with Gasteiger partial charge in [0.2, 0.25) is 0 Å². The molecule has 0 amide bonds. The molecule has 86 valence electrons. The summed E-state index contributed by atoms with van der Waals surface area (Å²) in [5, 5.41) is 0. The summed E-state index contributed by atoms with van der Waals surface area (Å²) in [6.45, 7) is 0. The summed E-state index contributed by atoms with van der Waals surface area (Å²) in [5.41, 5.74) is 1.06. The number of hydrogen-bond donors (Lipinski definition) is 0. The average molecular weight is 232 g/mol. The van der Waals surface area contributed by atoms with Crippen molar-refractivity contribution >= 4 is 5.97 Å². The second kappa shape index (κ2) is 4.69. The normalized spacial score (nSPS) is 10.0. The van der Waals surface area contributed by atoms with E-state index in [-0.39, 0.29) is 5.56 Å². The molecule has 2 aromatic rings. The Kier molecular flexibility index (Phi) is 3.09. The highest BCUT2D eigenvalue weighted by molar-refractivity contribution is 5.91. The molecule has 0 N–H and O–H groups in total. The summed E-state index contributed by atoms with van der Waals surface area (Å²) in [7, 11) is 1.21. The van der Waals surface area contributed by atoms with Gasteiger partial charge in [0, 0.05) is 18.0 Å². The molecule has 0 fully saturated rings. The first-order valence-corrected chi connectivity index (χ1v) is 4.86. The van der Waals surface area contributed by atoms with E-state index < -0.39 is 11.8 Å². The van der Waals surface area contributed by atoms with Gasteiger partial charge < -0.3 is 4.74 Å². The van der Waals surface area contributed by atoms with Crippen molar-refractivity contribution in [3.05, 3.63) is 48.2 Å². The molecule has 1 aromatic carbocycles. The molecule has 0 aliphatic heterocycles.